The van der Waals surface area contributed by atoms with Crippen LogP contribution in [0, 0.1) is 0 Å². The topological polar surface area (TPSA) is 64.0 Å². The molecule has 11 heavy (non-hydrogen) atoms. The standard InChI is InChI=1S/C5H9N3O2S/c1-11(9,10)7-5-8-3-2-6-4-8/h2-4,7H,5H2,1H3. The average molecular weight is 175 g/mol. The molecule has 1 N–H and O–H groups in total. The number of rotatable bonds is 3. The first-order valence-electron chi connectivity index (χ1n) is 2.98. The smallest absolute Gasteiger partial charge is 0.210 e. The molecule has 0 amide bonds. The predicted octanol–water partition coefficient (Wildman–Crippen LogP) is -0.610. The summed E-state index contributed by atoms with van der Waals surface area (Å²) in [5.41, 5.74) is 0. The molecule has 5 nitrogen and oxygen atoms in total. The highest BCUT2D eigenvalue weighted by Crippen LogP contribution is 1.83. The van der Waals surface area contributed by atoms with Crippen LogP contribution in [0.1, 0.15) is 0 Å². The first kappa shape index (κ1) is 8.22. The van der Waals surface area contributed by atoms with Crippen LogP contribution in [0.5, 0.6) is 0 Å². The van der Waals surface area contributed by atoms with Crippen molar-refractivity contribution in [3.05, 3.63) is 18.7 Å². The third-order valence-electron chi connectivity index (χ3n) is 1.07. The van der Waals surface area contributed by atoms with Crippen molar-refractivity contribution in [3.63, 3.8) is 0 Å². The minimum atomic E-state index is -3.10. The van der Waals surface area contributed by atoms with Gasteiger partial charge in [-0.1, -0.05) is 0 Å². The van der Waals surface area contributed by atoms with Crippen molar-refractivity contribution in [1.82, 2.24) is 14.3 Å². The lowest BCUT2D eigenvalue weighted by Gasteiger charge is -2.01. The second-order valence-corrected chi connectivity index (χ2v) is 3.98. The summed E-state index contributed by atoms with van der Waals surface area (Å²) in [7, 11) is -3.10. The summed E-state index contributed by atoms with van der Waals surface area (Å²) in [5.74, 6) is 0. The zero-order chi connectivity index (χ0) is 8.32. The molecule has 0 bridgehead atoms. The lowest BCUT2D eigenvalue weighted by Crippen LogP contribution is -2.24. The van der Waals surface area contributed by atoms with Crippen LogP contribution in [0.25, 0.3) is 0 Å². The number of imidazole rings is 1. The molecule has 0 radical (unpaired) electrons. The van der Waals surface area contributed by atoms with E-state index in [1.54, 1.807) is 17.0 Å². The molecule has 0 aliphatic heterocycles. The van der Waals surface area contributed by atoms with Crippen molar-refractivity contribution >= 4 is 10.0 Å². The molecule has 0 aliphatic rings. The maximum atomic E-state index is 10.6. The first-order valence-corrected chi connectivity index (χ1v) is 4.87. The van der Waals surface area contributed by atoms with Crippen LogP contribution in [0.15, 0.2) is 18.7 Å². The summed E-state index contributed by atoms with van der Waals surface area (Å²) in [6.07, 6.45) is 5.92. The van der Waals surface area contributed by atoms with Gasteiger partial charge in [0.25, 0.3) is 0 Å². The van der Waals surface area contributed by atoms with Gasteiger partial charge in [0.05, 0.1) is 19.3 Å². The van der Waals surface area contributed by atoms with Crippen LogP contribution >= 0.6 is 0 Å². The molecule has 1 aromatic rings. The Hall–Kier alpha value is -0.880. The lowest BCUT2D eigenvalue weighted by molar-refractivity contribution is 0.568. The van der Waals surface area contributed by atoms with E-state index in [-0.39, 0.29) is 6.67 Å². The van der Waals surface area contributed by atoms with Crippen molar-refractivity contribution in [2.24, 2.45) is 0 Å². The third kappa shape index (κ3) is 3.15. The second-order valence-electron chi connectivity index (χ2n) is 2.15. The van der Waals surface area contributed by atoms with Crippen molar-refractivity contribution in [2.45, 2.75) is 6.67 Å². The van der Waals surface area contributed by atoms with Crippen molar-refractivity contribution in [3.8, 4) is 0 Å². The van der Waals surface area contributed by atoms with Gasteiger partial charge in [0, 0.05) is 12.4 Å². The van der Waals surface area contributed by atoms with Gasteiger partial charge >= 0.3 is 0 Å². The zero-order valence-corrected chi connectivity index (χ0v) is 6.87. The van der Waals surface area contributed by atoms with E-state index in [4.69, 9.17) is 0 Å². The molecular formula is C5H9N3O2S. The Balaban J connectivity index is 2.48. The molecule has 1 heterocycles. The minimum absolute atomic E-state index is 0.235. The molecular weight excluding hydrogens is 166 g/mol. The summed E-state index contributed by atoms with van der Waals surface area (Å²) in [5, 5.41) is 0. The van der Waals surface area contributed by atoms with Gasteiger partial charge in [-0.2, -0.15) is 4.72 Å². The van der Waals surface area contributed by atoms with E-state index >= 15 is 0 Å². The number of nitrogens with zero attached hydrogens (tertiary/aromatic N) is 2. The van der Waals surface area contributed by atoms with E-state index in [9.17, 15) is 8.42 Å². The summed E-state index contributed by atoms with van der Waals surface area (Å²) < 4.78 is 25.1. The fourth-order valence-electron chi connectivity index (χ4n) is 0.572. The number of aromatic nitrogens is 2. The minimum Gasteiger partial charge on any atom is -0.323 e. The highest BCUT2D eigenvalue weighted by Gasteiger charge is 1.98. The van der Waals surface area contributed by atoms with Crippen molar-refractivity contribution in [1.29, 1.82) is 0 Å². The summed E-state index contributed by atoms with van der Waals surface area (Å²) in [6, 6.07) is 0. The van der Waals surface area contributed by atoms with Gasteiger partial charge in [0.1, 0.15) is 0 Å². The largest absolute Gasteiger partial charge is 0.323 e. The third-order valence-corrected chi connectivity index (χ3v) is 1.72. The Morgan fingerprint density at radius 3 is 2.82 bits per heavy atom. The average Bonchev–Trinajstić information content (AvgIpc) is 2.32. The number of sulfonamides is 1. The molecule has 0 fully saturated rings. The molecule has 0 atom stereocenters. The molecule has 0 spiro atoms. The number of hydrogen-bond donors (Lipinski definition) is 1. The van der Waals surface area contributed by atoms with Crippen LogP contribution in [-0.2, 0) is 16.7 Å². The Morgan fingerprint density at radius 1 is 1.64 bits per heavy atom. The molecule has 1 aromatic heterocycles. The van der Waals surface area contributed by atoms with Crippen LogP contribution < -0.4 is 4.72 Å². The molecule has 6 heteroatoms. The highest BCUT2D eigenvalue weighted by molar-refractivity contribution is 7.88. The van der Waals surface area contributed by atoms with Gasteiger partial charge in [-0.25, -0.2) is 13.4 Å². The van der Waals surface area contributed by atoms with E-state index in [1.807, 2.05) is 0 Å². The lowest BCUT2D eigenvalue weighted by atomic mass is 10.9. The SMILES string of the molecule is CS(=O)(=O)NCn1ccnc1. The molecule has 0 unspecified atom stereocenters. The van der Waals surface area contributed by atoms with Crippen molar-refractivity contribution < 1.29 is 8.42 Å². The van der Waals surface area contributed by atoms with Crippen LogP contribution in [0.3, 0.4) is 0 Å². The van der Waals surface area contributed by atoms with Crippen molar-refractivity contribution in [2.75, 3.05) is 6.26 Å². The Labute approximate surface area is 65.1 Å². The second kappa shape index (κ2) is 3.02. The molecule has 0 aromatic carbocycles. The molecule has 0 aliphatic carbocycles. The van der Waals surface area contributed by atoms with E-state index < -0.39 is 10.0 Å². The Kier molecular flexibility index (Phi) is 2.25. The molecule has 62 valence electrons. The van der Waals surface area contributed by atoms with E-state index in [1.165, 1.54) is 6.33 Å². The fraction of sp³-hybridized carbons (Fsp3) is 0.400. The van der Waals surface area contributed by atoms with Crippen LogP contribution in [0.2, 0.25) is 0 Å². The van der Waals surface area contributed by atoms with E-state index in [0.29, 0.717) is 0 Å². The highest BCUT2D eigenvalue weighted by atomic mass is 32.2. The Bertz CT molecular complexity index is 302. The molecule has 0 saturated heterocycles. The predicted molar refractivity (Wildman–Crippen MR) is 40.2 cm³/mol. The van der Waals surface area contributed by atoms with Gasteiger partial charge in [-0.3, -0.25) is 0 Å². The van der Waals surface area contributed by atoms with Gasteiger partial charge in [-0.05, 0) is 0 Å². The summed E-state index contributed by atoms with van der Waals surface area (Å²) in [6.45, 7) is 0.235. The zero-order valence-electron chi connectivity index (χ0n) is 6.06. The summed E-state index contributed by atoms with van der Waals surface area (Å²) >= 11 is 0. The molecule has 1 rings (SSSR count). The van der Waals surface area contributed by atoms with E-state index in [2.05, 4.69) is 9.71 Å². The number of nitrogens with one attached hydrogen (secondary N) is 1. The monoisotopic (exact) mass is 175 g/mol. The molecule has 0 saturated carbocycles. The van der Waals surface area contributed by atoms with Gasteiger partial charge in [0.2, 0.25) is 10.0 Å². The van der Waals surface area contributed by atoms with Crippen LogP contribution in [0.4, 0.5) is 0 Å². The summed E-state index contributed by atoms with van der Waals surface area (Å²) in [4.78, 5) is 3.75. The van der Waals surface area contributed by atoms with Gasteiger partial charge in [0.15, 0.2) is 0 Å². The van der Waals surface area contributed by atoms with E-state index in [0.717, 1.165) is 6.26 Å². The maximum absolute atomic E-state index is 10.6. The van der Waals surface area contributed by atoms with Gasteiger partial charge < -0.3 is 4.57 Å². The first-order chi connectivity index (χ1) is 5.08. The number of hydrogen-bond acceptors (Lipinski definition) is 3. The fourth-order valence-corrected chi connectivity index (χ4v) is 0.956. The Morgan fingerprint density at radius 2 is 2.36 bits per heavy atom. The van der Waals surface area contributed by atoms with Gasteiger partial charge in [-0.15, -0.1) is 0 Å². The van der Waals surface area contributed by atoms with Crippen LogP contribution in [-0.4, -0.2) is 24.2 Å². The normalized spacial score (nSPS) is 11.7. The quantitative estimate of drug-likeness (QED) is 0.666. The maximum Gasteiger partial charge on any atom is 0.210 e.